The number of esters is 2. The van der Waals surface area contributed by atoms with Crippen molar-refractivity contribution >= 4 is 11.9 Å². The van der Waals surface area contributed by atoms with Gasteiger partial charge in [-0.3, -0.25) is 9.59 Å². The number of ether oxygens (including phenoxy) is 4. The summed E-state index contributed by atoms with van der Waals surface area (Å²) in [5, 5.41) is 11.0. The van der Waals surface area contributed by atoms with Crippen molar-refractivity contribution in [1.82, 2.24) is 0 Å². The summed E-state index contributed by atoms with van der Waals surface area (Å²) in [5.41, 5.74) is -2.02. The summed E-state index contributed by atoms with van der Waals surface area (Å²) < 4.78 is 50.5. The van der Waals surface area contributed by atoms with Gasteiger partial charge in [-0.05, 0) is 88.4 Å². The lowest BCUT2D eigenvalue weighted by Crippen LogP contribution is -2.63. The quantitative estimate of drug-likeness (QED) is 0.526. The van der Waals surface area contributed by atoms with Crippen LogP contribution in [0.3, 0.4) is 0 Å². The first kappa shape index (κ1) is 24.7. The molecule has 8 saturated carbocycles. The number of hydrogen-bond donors (Lipinski definition) is 1. The van der Waals surface area contributed by atoms with E-state index < -0.39 is 40.7 Å². The van der Waals surface area contributed by atoms with E-state index in [1.165, 1.54) is 0 Å². The van der Waals surface area contributed by atoms with Gasteiger partial charge < -0.3 is 24.1 Å². The molecule has 1 saturated heterocycles. The van der Waals surface area contributed by atoms with E-state index in [1.54, 1.807) is 0 Å². The Kier molecular flexibility index (Phi) is 5.26. The molecule has 5 atom stereocenters. The minimum absolute atomic E-state index is 0.00783. The summed E-state index contributed by atoms with van der Waals surface area (Å²) in [6.45, 7) is 0.317. The van der Waals surface area contributed by atoms with Gasteiger partial charge in [0.2, 0.25) is 0 Å². The first-order valence-electron chi connectivity index (χ1n) is 14.2. The number of halogens is 2. The van der Waals surface area contributed by atoms with Gasteiger partial charge in [-0.15, -0.1) is 0 Å². The second-order valence-corrected chi connectivity index (χ2v) is 14.1. The lowest BCUT2D eigenvalue weighted by Gasteiger charge is -2.61. The molecule has 8 aliphatic carbocycles. The molecule has 8 bridgehead atoms. The van der Waals surface area contributed by atoms with Crippen molar-refractivity contribution < 1.29 is 42.4 Å². The number of hydrogen-bond acceptors (Lipinski definition) is 7. The smallest absolute Gasteiger partial charge is 0.312 e. The predicted octanol–water partition coefficient (Wildman–Crippen LogP) is 4.00. The number of carbonyl (C=O) groups excluding carboxylic acids is 2. The second kappa shape index (κ2) is 7.87. The van der Waals surface area contributed by atoms with Gasteiger partial charge in [0.25, 0.3) is 5.92 Å². The van der Waals surface area contributed by atoms with Gasteiger partial charge in [-0.1, -0.05) is 0 Å². The van der Waals surface area contributed by atoms with Crippen LogP contribution in [-0.4, -0.2) is 60.3 Å². The Morgan fingerprint density at radius 3 is 2.14 bits per heavy atom. The van der Waals surface area contributed by atoms with Crippen molar-refractivity contribution in [2.24, 2.45) is 40.4 Å². The van der Waals surface area contributed by atoms with Crippen molar-refractivity contribution in [2.75, 3.05) is 19.8 Å². The summed E-state index contributed by atoms with van der Waals surface area (Å²) in [6.07, 6.45) is 7.96. The van der Waals surface area contributed by atoms with Crippen LogP contribution in [0.1, 0.15) is 77.6 Å². The van der Waals surface area contributed by atoms with Gasteiger partial charge in [0.1, 0.15) is 12.7 Å². The molecule has 7 nitrogen and oxygen atoms in total. The van der Waals surface area contributed by atoms with Crippen LogP contribution in [-0.2, 0) is 28.5 Å². The Morgan fingerprint density at radius 1 is 0.892 bits per heavy atom. The number of carbonyl (C=O) groups is 2. The van der Waals surface area contributed by atoms with Crippen LogP contribution in [0, 0.1) is 40.4 Å². The zero-order chi connectivity index (χ0) is 25.8. The maximum atomic E-state index is 13.3. The lowest BCUT2D eigenvalue weighted by atomic mass is 9.47. The molecule has 9 rings (SSSR count). The summed E-state index contributed by atoms with van der Waals surface area (Å²) in [5.74, 6) is -3.43. The molecule has 9 heteroatoms. The third kappa shape index (κ3) is 3.88. The maximum Gasteiger partial charge on any atom is 0.312 e. The summed E-state index contributed by atoms with van der Waals surface area (Å²) in [7, 11) is 0. The Hall–Kier alpha value is -1.32. The van der Waals surface area contributed by atoms with Gasteiger partial charge in [-0.2, -0.15) is 0 Å². The summed E-state index contributed by atoms with van der Waals surface area (Å²) in [4.78, 5) is 26.3. The first-order chi connectivity index (χ1) is 17.4. The summed E-state index contributed by atoms with van der Waals surface area (Å²) >= 11 is 0. The van der Waals surface area contributed by atoms with Crippen molar-refractivity contribution in [1.29, 1.82) is 0 Å². The molecule has 0 amide bonds. The molecular formula is C28H38F2O7. The van der Waals surface area contributed by atoms with Crippen molar-refractivity contribution in [3.8, 4) is 0 Å². The Morgan fingerprint density at radius 2 is 1.51 bits per heavy atom. The minimum Gasteiger partial charge on any atom is -0.462 e. The monoisotopic (exact) mass is 524 g/mol. The number of alkyl halides is 2. The maximum absolute atomic E-state index is 13.3. The molecule has 1 N–H and O–H groups in total. The van der Waals surface area contributed by atoms with Crippen molar-refractivity contribution in [2.45, 2.75) is 101 Å². The second-order valence-electron chi connectivity index (χ2n) is 14.1. The molecule has 0 aromatic heterocycles. The van der Waals surface area contributed by atoms with Crippen molar-refractivity contribution in [3.63, 3.8) is 0 Å². The van der Waals surface area contributed by atoms with Gasteiger partial charge >= 0.3 is 11.9 Å². The van der Waals surface area contributed by atoms with E-state index in [0.29, 0.717) is 50.0 Å². The molecule has 0 radical (unpaired) electrons. The van der Waals surface area contributed by atoms with Crippen LogP contribution >= 0.6 is 0 Å². The fourth-order valence-electron chi connectivity index (χ4n) is 10.4. The van der Waals surface area contributed by atoms with E-state index in [0.717, 1.165) is 51.9 Å². The predicted molar refractivity (Wildman–Crippen MR) is 124 cm³/mol. The molecule has 37 heavy (non-hydrogen) atoms. The topological polar surface area (TPSA) is 91.3 Å². The third-order valence-electron chi connectivity index (χ3n) is 10.9. The molecule has 5 unspecified atom stereocenters. The Balaban J connectivity index is 0.996. The fraction of sp³-hybridized carbons (Fsp3) is 0.929. The zero-order valence-electron chi connectivity index (χ0n) is 21.5. The van der Waals surface area contributed by atoms with E-state index in [4.69, 9.17) is 18.9 Å². The third-order valence-corrected chi connectivity index (χ3v) is 10.9. The molecule has 1 spiro atoms. The number of aliphatic hydroxyl groups is 1. The largest absolute Gasteiger partial charge is 0.462 e. The van der Waals surface area contributed by atoms with Gasteiger partial charge in [0.05, 0.1) is 23.0 Å². The van der Waals surface area contributed by atoms with E-state index in [9.17, 15) is 23.5 Å². The van der Waals surface area contributed by atoms with Crippen LogP contribution in [0.5, 0.6) is 0 Å². The van der Waals surface area contributed by atoms with E-state index >= 15 is 0 Å². The SMILES string of the molecule is CC(F)(F)COC(=O)C12CC3CC(C1)C1(OCC(COC(=O)C45CC6CC(CC(O)(C6)C4)C5)O1)C(C3)C2. The van der Waals surface area contributed by atoms with Crippen LogP contribution < -0.4 is 0 Å². The van der Waals surface area contributed by atoms with Gasteiger partial charge in [0, 0.05) is 18.8 Å². The molecule has 1 heterocycles. The molecule has 206 valence electrons. The van der Waals surface area contributed by atoms with Crippen LogP contribution in [0.2, 0.25) is 0 Å². The van der Waals surface area contributed by atoms with Gasteiger partial charge in [-0.25, -0.2) is 8.78 Å². The minimum atomic E-state index is -3.05. The zero-order valence-corrected chi connectivity index (χ0v) is 21.5. The highest BCUT2D eigenvalue weighted by Crippen LogP contribution is 2.66. The first-order valence-corrected chi connectivity index (χ1v) is 14.2. The average Bonchev–Trinajstić information content (AvgIpc) is 3.22. The molecule has 0 aromatic rings. The molecular weight excluding hydrogens is 486 g/mol. The van der Waals surface area contributed by atoms with E-state index in [2.05, 4.69) is 0 Å². The van der Waals surface area contributed by atoms with Crippen LogP contribution in [0.15, 0.2) is 0 Å². The fourth-order valence-corrected chi connectivity index (χ4v) is 10.4. The lowest BCUT2D eigenvalue weighted by molar-refractivity contribution is -0.308. The van der Waals surface area contributed by atoms with E-state index in [-0.39, 0.29) is 30.5 Å². The molecule has 9 aliphatic rings. The normalized spacial score (nSPS) is 51.1. The molecule has 1 aliphatic heterocycles. The highest BCUT2D eigenvalue weighted by atomic mass is 19.3. The van der Waals surface area contributed by atoms with E-state index in [1.807, 2.05) is 0 Å². The van der Waals surface area contributed by atoms with Gasteiger partial charge in [0.15, 0.2) is 12.4 Å². The number of rotatable bonds is 6. The average molecular weight is 525 g/mol. The molecule has 0 aromatic carbocycles. The highest BCUT2D eigenvalue weighted by molar-refractivity contribution is 5.78. The molecule has 9 fully saturated rings. The Labute approximate surface area is 215 Å². The standard InChI is InChI=1S/C28H38F2O7/c1-24(29,30)15-35-22(31)25-5-16-3-19(10-25)28(20(4-16)11-25)36-13-21(37-28)12-34-23(32)26-6-17-2-18(7-26)9-27(33,8-17)14-26/h16-21,33H,2-15H2,1H3. The summed E-state index contributed by atoms with van der Waals surface area (Å²) in [6, 6.07) is 0. The van der Waals surface area contributed by atoms with Crippen LogP contribution in [0.25, 0.3) is 0 Å². The highest BCUT2D eigenvalue weighted by Gasteiger charge is 2.68. The Bertz CT molecular complexity index is 962. The van der Waals surface area contributed by atoms with Crippen molar-refractivity contribution in [3.05, 3.63) is 0 Å². The van der Waals surface area contributed by atoms with Crippen LogP contribution in [0.4, 0.5) is 8.78 Å².